The lowest BCUT2D eigenvalue weighted by Gasteiger charge is -2.27. The molecule has 0 unspecified atom stereocenters. The number of nitrogens with one attached hydrogen (secondary N) is 3. The number of hydrogen-bond acceptors (Lipinski definition) is 6. The van der Waals surface area contributed by atoms with Crippen LogP contribution >= 0.6 is 0 Å². The van der Waals surface area contributed by atoms with E-state index < -0.39 is 18.1 Å². The maximum atomic E-state index is 13.3. The third-order valence-electron chi connectivity index (χ3n) is 4.68. The molecule has 0 radical (unpaired) electrons. The van der Waals surface area contributed by atoms with E-state index in [0.717, 1.165) is 0 Å². The summed E-state index contributed by atoms with van der Waals surface area (Å²) in [4.78, 5) is 18.3. The average Bonchev–Trinajstić information content (AvgIpc) is 3.25. The van der Waals surface area contributed by atoms with Crippen molar-refractivity contribution in [3.63, 3.8) is 0 Å². The Kier molecular flexibility index (Phi) is 4.36. The standard InChI is InChI=1S/C17H18F3N7O/c1-10-15(16(28)23-12-5-2-8-21-24-12)27-13(22-10)6-7-14(25-27)26-9-3-4-11(26)17(18,19)20/h2,5-8,11,21,24H,3-4,9H2,1H3,(H,23,28)/t11-/m0/s1. The van der Waals surface area contributed by atoms with E-state index in [1.165, 1.54) is 15.5 Å². The van der Waals surface area contributed by atoms with Crippen LogP contribution < -0.4 is 21.1 Å². The number of fused-ring (bicyclic) bond motifs is 1. The average molecular weight is 393 g/mol. The molecule has 148 valence electrons. The van der Waals surface area contributed by atoms with Crippen LogP contribution in [0, 0.1) is 6.92 Å². The maximum absolute atomic E-state index is 13.3. The highest BCUT2D eigenvalue weighted by Gasteiger charge is 2.46. The number of carbonyl (C=O) groups is 1. The molecule has 4 rings (SSSR count). The molecule has 28 heavy (non-hydrogen) atoms. The first-order valence-electron chi connectivity index (χ1n) is 8.74. The Labute approximate surface area is 158 Å². The van der Waals surface area contributed by atoms with E-state index >= 15 is 0 Å². The predicted molar refractivity (Wildman–Crippen MR) is 95.1 cm³/mol. The van der Waals surface area contributed by atoms with Crippen LogP contribution in [0.25, 0.3) is 5.65 Å². The van der Waals surface area contributed by atoms with Crippen molar-refractivity contribution in [3.8, 4) is 0 Å². The molecule has 1 saturated heterocycles. The van der Waals surface area contributed by atoms with Crippen LogP contribution in [0.1, 0.15) is 29.0 Å². The fraction of sp³-hybridized carbons (Fsp3) is 0.353. The summed E-state index contributed by atoms with van der Waals surface area (Å²) in [6.45, 7) is 1.91. The van der Waals surface area contributed by atoms with Crippen molar-refractivity contribution < 1.29 is 18.0 Å². The van der Waals surface area contributed by atoms with Gasteiger partial charge in [-0.15, -0.1) is 5.10 Å². The van der Waals surface area contributed by atoms with Crippen molar-refractivity contribution in [2.75, 3.05) is 11.4 Å². The molecule has 8 nitrogen and oxygen atoms in total. The van der Waals surface area contributed by atoms with Gasteiger partial charge in [0.15, 0.2) is 11.3 Å². The molecule has 0 aliphatic carbocycles. The molecule has 2 aliphatic rings. The van der Waals surface area contributed by atoms with E-state index in [4.69, 9.17) is 0 Å². The van der Waals surface area contributed by atoms with Gasteiger partial charge in [0.1, 0.15) is 17.7 Å². The Bertz CT molecular complexity index is 979. The highest BCUT2D eigenvalue weighted by atomic mass is 19.4. The number of halogens is 3. The molecule has 11 heteroatoms. The van der Waals surface area contributed by atoms with Crippen molar-refractivity contribution in [1.29, 1.82) is 0 Å². The lowest BCUT2D eigenvalue weighted by Crippen LogP contribution is -2.42. The summed E-state index contributed by atoms with van der Waals surface area (Å²) in [5.74, 6) is 0.118. The summed E-state index contributed by atoms with van der Waals surface area (Å²) in [6.07, 6.45) is 1.13. The van der Waals surface area contributed by atoms with Crippen LogP contribution in [0.2, 0.25) is 0 Å². The number of hydrazine groups is 1. The second kappa shape index (κ2) is 6.73. The molecule has 0 aromatic carbocycles. The topological polar surface area (TPSA) is 86.6 Å². The van der Waals surface area contributed by atoms with Crippen LogP contribution in [0.4, 0.5) is 19.0 Å². The number of alkyl halides is 3. The number of nitrogens with zero attached hydrogens (tertiary/aromatic N) is 4. The summed E-state index contributed by atoms with van der Waals surface area (Å²) in [5, 5.41) is 6.98. The molecule has 2 aliphatic heterocycles. The van der Waals surface area contributed by atoms with Crippen LogP contribution in [0.5, 0.6) is 0 Å². The van der Waals surface area contributed by atoms with Gasteiger partial charge in [-0.25, -0.2) is 9.50 Å². The largest absolute Gasteiger partial charge is 0.408 e. The van der Waals surface area contributed by atoms with Gasteiger partial charge in [0.2, 0.25) is 0 Å². The number of imidazole rings is 1. The van der Waals surface area contributed by atoms with Crippen LogP contribution in [-0.2, 0) is 0 Å². The SMILES string of the molecule is Cc1nc2ccc(N3CCC[C@H]3C(F)(F)F)nn2c1C(=O)NC1=CC=CNN1. The molecular weight excluding hydrogens is 375 g/mol. The second-order valence-electron chi connectivity index (χ2n) is 6.56. The molecule has 1 amide bonds. The summed E-state index contributed by atoms with van der Waals surface area (Å²) < 4.78 is 41.2. The molecule has 0 saturated carbocycles. The van der Waals surface area contributed by atoms with Gasteiger partial charge in [-0.1, -0.05) is 0 Å². The van der Waals surface area contributed by atoms with Crippen LogP contribution in [0.15, 0.2) is 36.3 Å². The number of anilines is 1. The molecule has 2 aromatic rings. The van der Waals surface area contributed by atoms with Gasteiger partial charge in [-0.05, 0) is 44.1 Å². The first-order valence-corrected chi connectivity index (χ1v) is 8.74. The van der Waals surface area contributed by atoms with Crippen molar-refractivity contribution in [2.24, 2.45) is 0 Å². The molecule has 1 atom stereocenters. The molecule has 2 aromatic heterocycles. The van der Waals surface area contributed by atoms with E-state index in [2.05, 4.69) is 26.3 Å². The Morgan fingerprint density at radius 3 is 2.89 bits per heavy atom. The summed E-state index contributed by atoms with van der Waals surface area (Å²) in [5.41, 5.74) is 6.48. The maximum Gasteiger partial charge on any atom is 0.408 e. The van der Waals surface area contributed by atoms with E-state index in [1.54, 1.807) is 31.3 Å². The monoisotopic (exact) mass is 393 g/mol. The second-order valence-corrected chi connectivity index (χ2v) is 6.56. The first kappa shape index (κ1) is 18.1. The fourth-order valence-corrected chi connectivity index (χ4v) is 3.44. The van der Waals surface area contributed by atoms with E-state index in [1.807, 2.05) is 0 Å². The summed E-state index contributed by atoms with van der Waals surface area (Å²) in [6, 6.07) is 1.50. The summed E-state index contributed by atoms with van der Waals surface area (Å²) in [7, 11) is 0. The van der Waals surface area contributed by atoms with Gasteiger partial charge >= 0.3 is 6.18 Å². The van der Waals surface area contributed by atoms with Crippen molar-refractivity contribution >= 4 is 17.4 Å². The van der Waals surface area contributed by atoms with Crippen molar-refractivity contribution in [2.45, 2.75) is 32.0 Å². The number of rotatable bonds is 3. The Morgan fingerprint density at radius 1 is 1.36 bits per heavy atom. The number of carbonyl (C=O) groups excluding carboxylic acids is 1. The minimum Gasteiger partial charge on any atom is -0.343 e. The highest BCUT2D eigenvalue weighted by Crippen LogP contribution is 2.35. The number of hydrogen-bond donors (Lipinski definition) is 3. The quantitative estimate of drug-likeness (QED) is 0.737. The molecular formula is C17H18F3N7O. The molecule has 3 N–H and O–H groups in total. The number of allylic oxidation sites excluding steroid dienone is 2. The zero-order valence-electron chi connectivity index (χ0n) is 14.9. The van der Waals surface area contributed by atoms with Crippen LogP contribution in [-0.4, -0.2) is 39.3 Å². The predicted octanol–water partition coefficient (Wildman–Crippen LogP) is 1.76. The normalized spacial score (nSPS) is 19.4. The Balaban J connectivity index is 1.69. The van der Waals surface area contributed by atoms with Crippen LogP contribution in [0.3, 0.4) is 0 Å². The third-order valence-corrected chi connectivity index (χ3v) is 4.68. The van der Waals surface area contributed by atoms with E-state index in [0.29, 0.717) is 23.6 Å². The minimum absolute atomic E-state index is 0.0276. The molecule has 0 bridgehead atoms. The van der Waals surface area contributed by atoms with E-state index in [-0.39, 0.29) is 24.5 Å². The molecule has 1 fully saturated rings. The zero-order chi connectivity index (χ0) is 19.9. The Morgan fingerprint density at radius 2 is 2.18 bits per heavy atom. The number of aromatic nitrogens is 3. The third kappa shape index (κ3) is 3.23. The van der Waals surface area contributed by atoms with Gasteiger partial charge in [0, 0.05) is 12.7 Å². The molecule has 0 spiro atoms. The minimum atomic E-state index is -4.34. The lowest BCUT2D eigenvalue weighted by molar-refractivity contribution is -0.146. The molecule has 4 heterocycles. The fourth-order valence-electron chi connectivity index (χ4n) is 3.44. The zero-order valence-corrected chi connectivity index (χ0v) is 14.9. The number of aryl methyl sites for hydroxylation is 1. The van der Waals surface area contributed by atoms with Gasteiger partial charge in [-0.3, -0.25) is 10.2 Å². The smallest absolute Gasteiger partial charge is 0.343 e. The van der Waals surface area contributed by atoms with E-state index in [9.17, 15) is 18.0 Å². The Hall–Kier alpha value is -3.24. The van der Waals surface area contributed by atoms with Gasteiger partial charge < -0.3 is 15.6 Å². The van der Waals surface area contributed by atoms with Crippen molar-refractivity contribution in [3.05, 3.63) is 47.7 Å². The van der Waals surface area contributed by atoms with Gasteiger partial charge in [0.05, 0.1) is 5.69 Å². The van der Waals surface area contributed by atoms with Gasteiger partial charge in [-0.2, -0.15) is 13.2 Å². The first-order chi connectivity index (χ1) is 13.3. The highest BCUT2D eigenvalue weighted by molar-refractivity contribution is 5.95. The summed E-state index contributed by atoms with van der Waals surface area (Å²) >= 11 is 0. The number of amides is 1. The lowest BCUT2D eigenvalue weighted by atomic mass is 10.2. The van der Waals surface area contributed by atoms with Crippen molar-refractivity contribution in [1.82, 2.24) is 30.8 Å². The van der Waals surface area contributed by atoms with Gasteiger partial charge in [0.25, 0.3) is 5.91 Å².